The van der Waals surface area contributed by atoms with Gasteiger partial charge in [-0.15, -0.1) is 10.2 Å². The standard InChI is InChI=1S/C14H21NO2.C8H11ClN4O/c1-16-14(17-2)12-8-10-15(11-9-12)13-6-4-3-5-7-13;9-7-5-6(8(10)12-11-7)13-1-3-14-4-2-13/h3-7,12,14H,8-11H2,1-2H3;5H,1-4H2,(H2,10,12). The Balaban J connectivity index is 0.000000179. The average molecular weight is 450 g/mol. The van der Waals surface area contributed by atoms with E-state index in [0.29, 0.717) is 30.1 Å². The van der Waals surface area contributed by atoms with Gasteiger partial charge in [0, 0.05) is 58.1 Å². The molecule has 0 radical (unpaired) electrons. The summed E-state index contributed by atoms with van der Waals surface area (Å²) in [6.07, 6.45) is 2.20. The molecule has 2 aliphatic rings. The second-order valence-corrected chi connectivity index (χ2v) is 7.92. The van der Waals surface area contributed by atoms with Crippen molar-refractivity contribution < 1.29 is 14.2 Å². The van der Waals surface area contributed by atoms with Gasteiger partial charge in [-0.2, -0.15) is 0 Å². The second kappa shape index (κ2) is 12.0. The van der Waals surface area contributed by atoms with Gasteiger partial charge in [-0.25, -0.2) is 0 Å². The summed E-state index contributed by atoms with van der Waals surface area (Å²) in [6.45, 7) is 5.20. The van der Waals surface area contributed by atoms with E-state index in [1.54, 1.807) is 20.3 Å². The predicted molar refractivity (Wildman–Crippen MR) is 124 cm³/mol. The van der Waals surface area contributed by atoms with Crippen molar-refractivity contribution >= 4 is 28.8 Å². The van der Waals surface area contributed by atoms with Crippen LogP contribution in [0.1, 0.15) is 12.8 Å². The summed E-state index contributed by atoms with van der Waals surface area (Å²) in [7, 11) is 3.44. The molecule has 0 saturated carbocycles. The predicted octanol–water partition coefficient (Wildman–Crippen LogP) is 3.07. The molecule has 4 rings (SSSR count). The summed E-state index contributed by atoms with van der Waals surface area (Å²) >= 11 is 5.75. The van der Waals surface area contributed by atoms with Crippen LogP contribution in [0.3, 0.4) is 0 Å². The Labute approximate surface area is 189 Å². The summed E-state index contributed by atoms with van der Waals surface area (Å²) in [5.41, 5.74) is 7.86. The van der Waals surface area contributed by atoms with Crippen LogP contribution < -0.4 is 15.5 Å². The topological polar surface area (TPSA) is 86.0 Å². The number of nitrogen functional groups attached to an aromatic ring is 1. The van der Waals surface area contributed by atoms with Crippen LogP contribution in [-0.2, 0) is 14.2 Å². The first-order chi connectivity index (χ1) is 15.1. The van der Waals surface area contributed by atoms with Crippen LogP contribution in [0, 0.1) is 5.92 Å². The van der Waals surface area contributed by atoms with E-state index in [4.69, 9.17) is 31.5 Å². The Morgan fingerprint density at radius 2 is 1.65 bits per heavy atom. The van der Waals surface area contributed by atoms with Crippen molar-refractivity contribution in [3.63, 3.8) is 0 Å². The fourth-order valence-electron chi connectivity index (χ4n) is 3.98. The molecule has 3 heterocycles. The fourth-order valence-corrected chi connectivity index (χ4v) is 4.12. The number of hydrogen-bond acceptors (Lipinski definition) is 8. The van der Waals surface area contributed by atoms with Crippen molar-refractivity contribution in [2.75, 3.05) is 69.1 Å². The van der Waals surface area contributed by atoms with E-state index in [-0.39, 0.29) is 6.29 Å². The Kier molecular flexibility index (Phi) is 9.14. The molecule has 0 atom stereocenters. The maximum atomic E-state index is 5.75. The highest BCUT2D eigenvalue weighted by Gasteiger charge is 2.26. The van der Waals surface area contributed by atoms with E-state index < -0.39 is 0 Å². The van der Waals surface area contributed by atoms with Gasteiger partial charge in [0.2, 0.25) is 0 Å². The first kappa shape index (κ1) is 23.5. The number of methoxy groups -OCH3 is 2. The smallest absolute Gasteiger partial charge is 0.169 e. The molecule has 1 aromatic carbocycles. The molecule has 2 aliphatic heterocycles. The Hall–Kier alpha value is -2.13. The van der Waals surface area contributed by atoms with Gasteiger partial charge in [-0.3, -0.25) is 0 Å². The zero-order chi connectivity index (χ0) is 22.1. The van der Waals surface area contributed by atoms with Crippen LogP contribution in [0.4, 0.5) is 17.2 Å². The molecule has 8 nitrogen and oxygen atoms in total. The third-order valence-corrected chi connectivity index (χ3v) is 5.82. The van der Waals surface area contributed by atoms with Gasteiger partial charge in [0.05, 0.1) is 18.9 Å². The molecule has 0 aliphatic carbocycles. The molecule has 2 fully saturated rings. The molecule has 2 aromatic rings. The molecule has 2 saturated heterocycles. The zero-order valence-corrected chi connectivity index (χ0v) is 19.0. The zero-order valence-electron chi connectivity index (χ0n) is 18.2. The molecule has 0 bridgehead atoms. The highest BCUT2D eigenvalue weighted by Crippen LogP contribution is 2.26. The first-order valence-corrected chi connectivity index (χ1v) is 11.0. The minimum Gasteiger partial charge on any atom is -0.380 e. The maximum absolute atomic E-state index is 5.75. The molecular weight excluding hydrogens is 418 g/mol. The third kappa shape index (κ3) is 6.67. The number of nitrogens with zero attached hydrogens (tertiary/aromatic N) is 4. The van der Waals surface area contributed by atoms with Crippen molar-refractivity contribution in [3.05, 3.63) is 41.6 Å². The van der Waals surface area contributed by atoms with Crippen molar-refractivity contribution in [1.82, 2.24) is 10.2 Å². The van der Waals surface area contributed by atoms with Gasteiger partial charge in [0.25, 0.3) is 0 Å². The Morgan fingerprint density at radius 1 is 1.00 bits per heavy atom. The van der Waals surface area contributed by atoms with Crippen LogP contribution in [0.5, 0.6) is 0 Å². The number of halogens is 1. The number of anilines is 3. The number of rotatable bonds is 5. The second-order valence-electron chi connectivity index (χ2n) is 7.54. The largest absolute Gasteiger partial charge is 0.380 e. The summed E-state index contributed by atoms with van der Waals surface area (Å²) in [4.78, 5) is 4.53. The number of piperidine rings is 1. The fraction of sp³-hybridized carbons (Fsp3) is 0.545. The van der Waals surface area contributed by atoms with E-state index >= 15 is 0 Å². The number of benzene rings is 1. The van der Waals surface area contributed by atoms with Crippen molar-refractivity contribution in [1.29, 1.82) is 0 Å². The van der Waals surface area contributed by atoms with Crippen LogP contribution in [0.15, 0.2) is 36.4 Å². The lowest BCUT2D eigenvalue weighted by molar-refractivity contribution is -0.141. The first-order valence-electron chi connectivity index (χ1n) is 10.6. The Morgan fingerprint density at radius 3 is 2.26 bits per heavy atom. The summed E-state index contributed by atoms with van der Waals surface area (Å²) in [5.74, 6) is 0.932. The van der Waals surface area contributed by atoms with Gasteiger partial charge < -0.3 is 29.7 Å². The maximum Gasteiger partial charge on any atom is 0.169 e. The van der Waals surface area contributed by atoms with Gasteiger partial charge in [0.15, 0.2) is 17.3 Å². The van der Waals surface area contributed by atoms with E-state index in [1.165, 1.54) is 5.69 Å². The van der Waals surface area contributed by atoms with Crippen LogP contribution in [0.2, 0.25) is 5.15 Å². The lowest BCUT2D eigenvalue weighted by atomic mass is 9.95. The molecule has 0 spiro atoms. The number of para-hydroxylation sites is 1. The number of aromatic nitrogens is 2. The quantitative estimate of drug-likeness (QED) is 0.697. The lowest BCUT2D eigenvalue weighted by Gasteiger charge is -2.36. The van der Waals surface area contributed by atoms with E-state index in [0.717, 1.165) is 44.7 Å². The summed E-state index contributed by atoms with van der Waals surface area (Å²) in [5, 5.41) is 7.80. The summed E-state index contributed by atoms with van der Waals surface area (Å²) in [6, 6.07) is 12.3. The van der Waals surface area contributed by atoms with E-state index in [9.17, 15) is 0 Å². The minimum absolute atomic E-state index is 0.0482. The molecule has 2 N–H and O–H groups in total. The highest BCUT2D eigenvalue weighted by atomic mass is 35.5. The van der Waals surface area contributed by atoms with E-state index in [1.807, 2.05) is 0 Å². The number of morpholine rings is 1. The van der Waals surface area contributed by atoms with Gasteiger partial charge in [-0.1, -0.05) is 29.8 Å². The summed E-state index contributed by atoms with van der Waals surface area (Å²) < 4.78 is 15.9. The molecule has 31 heavy (non-hydrogen) atoms. The van der Waals surface area contributed by atoms with Gasteiger partial charge in [-0.05, 0) is 25.0 Å². The lowest BCUT2D eigenvalue weighted by Crippen LogP contribution is -2.39. The van der Waals surface area contributed by atoms with Crippen LogP contribution >= 0.6 is 11.6 Å². The normalized spacial score (nSPS) is 17.4. The van der Waals surface area contributed by atoms with Crippen molar-refractivity contribution in [2.24, 2.45) is 5.92 Å². The van der Waals surface area contributed by atoms with Crippen molar-refractivity contribution in [3.8, 4) is 0 Å². The van der Waals surface area contributed by atoms with Crippen LogP contribution in [-0.4, -0.2) is 70.1 Å². The molecule has 0 unspecified atom stereocenters. The monoisotopic (exact) mass is 449 g/mol. The number of ether oxygens (including phenoxy) is 3. The SMILES string of the molecule is COC(OC)C1CCN(c2ccccc2)CC1.Nc1nnc(Cl)cc1N1CCOCC1. The molecule has 0 amide bonds. The van der Waals surface area contributed by atoms with Crippen LogP contribution in [0.25, 0.3) is 0 Å². The van der Waals surface area contributed by atoms with Crippen molar-refractivity contribution in [2.45, 2.75) is 19.1 Å². The Bertz CT molecular complexity index is 780. The molecule has 1 aromatic heterocycles. The average Bonchev–Trinajstić information content (AvgIpc) is 2.83. The molecular formula is C22H32ClN5O3. The molecule has 170 valence electrons. The van der Waals surface area contributed by atoms with Gasteiger partial charge in [0.1, 0.15) is 0 Å². The highest BCUT2D eigenvalue weighted by molar-refractivity contribution is 6.29. The van der Waals surface area contributed by atoms with E-state index in [2.05, 4.69) is 50.3 Å². The number of nitrogens with two attached hydrogens (primary N) is 1. The minimum atomic E-state index is -0.0482. The van der Waals surface area contributed by atoms with Gasteiger partial charge >= 0.3 is 0 Å². The molecule has 9 heteroatoms. The number of hydrogen-bond donors (Lipinski definition) is 1. The third-order valence-electron chi connectivity index (χ3n) is 5.63.